The van der Waals surface area contributed by atoms with Crippen LogP contribution < -0.4 is 10.2 Å². The zero-order valence-corrected chi connectivity index (χ0v) is 18.3. The van der Waals surface area contributed by atoms with Gasteiger partial charge < -0.3 is 10.2 Å². The lowest BCUT2D eigenvalue weighted by molar-refractivity contribution is -0.146. The Morgan fingerprint density at radius 3 is 2.66 bits per heavy atom. The fraction of sp³-hybridized carbons (Fsp3) is 0.579. The minimum atomic E-state index is -4.64. The van der Waals surface area contributed by atoms with Gasteiger partial charge in [0.1, 0.15) is 10.8 Å². The van der Waals surface area contributed by atoms with E-state index in [9.17, 15) is 18.0 Å². The number of halogens is 3. The minimum absolute atomic E-state index is 0.0291. The summed E-state index contributed by atoms with van der Waals surface area (Å²) in [5.41, 5.74) is 0.0291. The molecule has 0 aromatic carbocycles. The normalized spacial score (nSPS) is 15.4. The number of aryl methyl sites for hydroxylation is 1. The largest absolute Gasteiger partial charge is 0.453 e. The van der Waals surface area contributed by atoms with Crippen molar-refractivity contribution in [3.05, 3.63) is 23.0 Å². The van der Waals surface area contributed by atoms with Crippen LogP contribution in [-0.4, -0.2) is 49.0 Å². The summed E-state index contributed by atoms with van der Waals surface area (Å²) in [7, 11) is 0. The van der Waals surface area contributed by atoms with Crippen LogP contribution in [0.25, 0.3) is 5.65 Å². The van der Waals surface area contributed by atoms with Gasteiger partial charge in [0.05, 0.1) is 0 Å². The highest BCUT2D eigenvalue weighted by Crippen LogP contribution is 2.29. The van der Waals surface area contributed by atoms with Gasteiger partial charge in [-0.05, 0) is 31.4 Å². The van der Waals surface area contributed by atoms with Crippen LogP contribution in [0.5, 0.6) is 0 Å². The van der Waals surface area contributed by atoms with Crippen LogP contribution in [-0.2, 0) is 17.4 Å². The van der Waals surface area contributed by atoms with E-state index in [1.54, 1.807) is 6.07 Å². The van der Waals surface area contributed by atoms with E-state index in [-0.39, 0.29) is 17.5 Å². The smallest absolute Gasteiger partial charge is 0.355 e. The monoisotopic (exact) mass is 468 g/mol. The van der Waals surface area contributed by atoms with Gasteiger partial charge in [0.15, 0.2) is 5.65 Å². The summed E-state index contributed by atoms with van der Waals surface area (Å²) in [6, 6.07) is 3.07. The van der Waals surface area contributed by atoms with Crippen LogP contribution in [0.2, 0.25) is 0 Å². The second kappa shape index (κ2) is 9.35. The van der Waals surface area contributed by atoms with Gasteiger partial charge in [0.25, 0.3) is 5.82 Å². The highest BCUT2D eigenvalue weighted by atomic mass is 32.1. The Morgan fingerprint density at radius 1 is 1.16 bits per heavy atom. The summed E-state index contributed by atoms with van der Waals surface area (Å²) < 4.78 is 40.0. The number of hydrogen-bond donors (Lipinski definition) is 1. The van der Waals surface area contributed by atoms with Crippen LogP contribution in [0.3, 0.4) is 0 Å². The molecule has 13 heteroatoms. The SMILES string of the molecule is CCCCCc1nnc(NC(=O)C2CCN(c3ccc4nnc(C(F)(F)F)n4n3)CC2)s1. The third kappa shape index (κ3) is 4.97. The number of piperidine rings is 1. The fourth-order valence-electron chi connectivity index (χ4n) is 3.63. The Labute approximate surface area is 186 Å². The van der Waals surface area contributed by atoms with Gasteiger partial charge in [-0.25, -0.2) is 0 Å². The lowest BCUT2D eigenvalue weighted by Crippen LogP contribution is -2.38. The molecule has 0 bridgehead atoms. The molecule has 1 saturated heterocycles. The van der Waals surface area contributed by atoms with E-state index in [1.165, 1.54) is 17.4 Å². The van der Waals surface area contributed by atoms with Crippen molar-refractivity contribution in [2.75, 3.05) is 23.3 Å². The Balaban J connectivity index is 1.34. The number of anilines is 2. The summed E-state index contributed by atoms with van der Waals surface area (Å²) in [4.78, 5) is 14.5. The number of nitrogens with zero attached hydrogens (tertiary/aromatic N) is 7. The first-order chi connectivity index (χ1) is 15.3. The fourth-order valence-corrected chi connectivity index (χ4v) is 4.42. The van der Waals surface area contributed by atoms with Crippen molar-refractivity contribution in [1.29, 1.82) is 0 Å². The van der Waals surface area contributed by atoms with E-state index in [1.807, 2.05) is 4.90 Å². The maximum atomic E-state index is 13.1. The Bertz CT molecular complexity index is 1070. The van der Waals surface area contributed by atoms with E-state index < -0.39 is 12.0 Å². The molecular formula is C19H23F3N8OS. The van der Waals surface area contributed by atoms with Crippen LogP contribution in [0.1, 0.15) is 49.9 Å². The van der Waals surface area contributed by atoms with E-state index in [4.69, 9.17) is 0 Å². The number of carbonyl (C=O) groups is 1. The molecule has 4 heterocycles. The molecule has 1 amide bonds. The molecule has 0 radical (unpaired) electrons. The molecule has 0 unspecified atom stereocenters. The first-order valence-corrected chi connectivity index (χ1v) is 11.3. The first-order valence-electron chi connectivity index (χ1n) is 10.5. The summed E-state index contributed by atoms with van der Waals surface area (Å²) in [5, 5.41) is 23.2. The maximum Gasteiger partial charge on any atom is 0.453 e. The van der Waals surface area contributed by atoms with Crippen molar-refractivity contribution < 1.29 is 18.0 Å². The molecule has 3 aromatic heterocycles. The third-order valence-electron chi connectivity index (χ3n) is 5.38. The number of amides is 1. The Kier molecular flexibility index (Phi) is 6.53. The van der Waals surface area contributed by atoms with E-state index >= 15 is 0 Å². The topological polar surface area (TPSA) is 101 Å². The molecule has 0 aliphatic carbocycles. The average molecular weight is 469 g/mol. The Morgan fingerprint density at radius 2 is 1.94 bits per heavy atom. The van der Waals surface area contributed by atoms with E-state index in [2.05, 4.69) is 37.7 Å². The molecule has 9 nitrogen and oxygen atoms in total. The van der Waals surface area contributed by atoms with Crippen molar-refractivity contribution in [3.63, 3.8) is 0 Å². The summed E-state index contributed by atoms with van der Waals surface area (Å²) >= 11 is 1.40. The number of hydrogen-bond acceptors (Lipinski definition) is 8. The van der Waals surface area contributed by atoms with Gasteiger partial charge >= 0.3 is 6.18 Å². The van der Waals surface area contributed by atoms with Crippen molar-refractivity contribution >= 4 is 33.8 Å². The van der Waals surface area contributed by atoms with Gasteiger partial charge in [-0.1, -0.05) is 31.1 Å². The van der Waals surface area contributed by atoms with Gasteiger partial charge in [-0.2, -0.15) is 17.7 Å². The summed E-state index contributed by atoms with van der Waals surface area (Å²) in [5.74, 6) is -1.08. The molecule has 1 aliphatic rings. The molecule has 1 aliphatic heterocycles. The Hall–Kier alpha value is -2.83. The molecule has 32 heavy (non-hydrogen) atoms. The third-order valence-corrected chi connectivity index (χ3v) is 6.28. The summed E-state index contributed by atoms with van der Waals surface area (Å²) in [6.45, 7) is 3.14. The minimum Gasteiger partial charge on any atom is -0.355 e. The number of fused-ring (bicyclic) bond motifs is 1. The molecular weight excluding hydrogens is 445 g/mol. The van der Waals surface area contributed by atoms with Crippen LogP contribution in [0.15, 0.2) is 12.1 Å². The quantitative estimate of drug-likeness (QED) is 0.529. The van der Waals surface area contributed by atoms with Crippen molar-refractivity contribution in [1.82, 2.24) is 30.0 Å². The number of nitrogens with one attached hydrogen (secondary N) is 1. The van der Waals surface area contributed by atoms with Crippen molar-refractivity contribution in [2.45, 2.75) is 51.6 Å². The van der Waals surface area contributed by atoms with Gasteiger partial charge in [-0.15, -0.1) is 25.5 Å². The first kappa shape index (κ1) is 22.4. The number of alkyl halides is 3. The molecule has 172 valence electrons. The van der Waals surface area contributed by atoms with Crippen LogP contribution in [0.4, 0.5) is 24.1 Å². The second-order valence-electron chi connectivity index (χ2n) is 7.69. The predicted octanol–water partition coefficient (Wildman–Crippen LogP) is 3.58. The molecule has 0 spiro atoms. The molecule has 3 aromatic rings. The molecule has 1 fully saturated rings. The van der Waals surface area contributed by atoms with Crippen LogP contribution >= 0.6 is 11.3 Å². The molecule has 0 saturated carbocycles. The lowest BCUT2D eigenvalue weighted by atomic mass is 9.96. The lowest BCUT2D eigenvalue weighted by Gasteiger charge is -2.31. The molecule has 4 rings (SSSR count). The molecule has 0 atom stereocenters. The number of unbranched alkanes of at least 4 members (excludes halogenated alkanes) is 2. The molecule has 1 N–H and O–H groups in total. The maximum absolute atomic E-state index is 13.1. The summed E-state index contributed by atoms with van der Waals surface area (Å²) in [6.07, 6.45) is 0.654. The van der Waals surface area contributed by atoms with Crippen molar-refractivity contribution in [2.24, 2.45) is 5.92 Å². The van der Waals surface area contributed by atoms with Crippen LogP contribution in [0, 0.1) is 5.92 Å². The highest BCUT2D eigenvalue weighted by Gasteiger charge is 2.38. The standard InChI is InChI=1S/C19H23F3N8OS/c1-2-3-4-5-15-25-27-18(32-15)23-16(31)12-8-10-29(11-9-12)14-7-6-13-24-26-17(19(20,21)22)30(13)28-14/h6-7,12H,2-5,8-11H2,1H3,(H,23,27,31). The zero-order valence-electron chi connectivity index (χ0n) is 17.5. The number of rotatable bonds is 7. The zero-order chi connectivity index (χ0) is 22.7. The number of carbonyl (C=O) groups excluding carboxylic acids is 1. The van der Waals surface area contributed by atoms with Gasteiger partial charge in [-0.3, -0.25) is 4.79 Å². The number of aromatic nitrogens is 6. The second-order valence-corrected chi connectivity index (χ2v) is 8.75. The average Bonchev–Trinajstić information content (AvgIpc) is 3.40. The van der Waals surface area contributed by atoms with E-state index in [0.717, 1.165) is 30.7 Å². The van der Waals surface area contributed by atoms with Crippen molar-refractivity contribution in [3.8, 4) is 0 Å². The van der Waals surface area contributed by atoms with Gasteiger partial charge in [0, 0.05) is 25.4 Å². The highest BCUT2D eigenvalue weighted by molar-refractivity contribution is 7.15. The predicted molar refractivity (Wildman–Crippen MR) is 112 cm³/mol. The van der Waals surface area contributed by atoms with E-state index in [0.29, 0.717) is 41.4 Å². The van der Waals surface area contributed by atoms with Gasteiger partial charge in [0.2, 0.25) is 11.0 Å².